The van der Waals surface area contributed by atoms with Crippen molar-refractivity contribution >= 4 is 6.09 Å². The Morgan fingerprint density at radius 2 is 1.78 bits per heavy atom. The molecule has 1 spiro atoms. The Bertz CT molecular complexity index is 434. The molecule has 2 aliphatic rings. The Hall–Kier alpha value is -0.603. The molecule has 1 heterocycles. The first-order valence-electron chi connectivity index (χ1n) is 8.13. The molecule has 0 unspecified atom stereocenters. The molecule has 1 amide bonds. The van der Waals surface area contributed by atoms with Crippen molar-refractivity contribution in [1.29, 1.82) is 0 Å². The first-order chi connectivity index (χ1) is 10.3. The van der Waals surface area contributed by atoms with Crippen molar-refractivity contribution in [3.63, 3.8) is 0 Å². The molecular formula is C17H28LiNO4. The average molecular weight is 317 g/mol. The molecule has 23 heavy (non-hydrogen) atoms. The summed E-state index contributed by atoms with van der Waals surface area (Å²) in [6, 6.07) is 0.233. The Morgan fingerprint density at radius 1 is 1.22 bits per heavy atom. The van der Waals surface area contributed by atoms with Gasteiger partial charge in [-0.15, -0.1) is 6.92 Å². The van der Waals surface area contributed by atoms with Crippen molar-refractivity contribution in [1.82, 2.24) is 4.90 Å². The molecule has 0 aromatic rings. The van der Waals surface area contributed by atoms with Crippen LogP contribution in [0, 0.1) is 6.61 Å². The summed E-state index contributed by atoms with van der Waals surface area (Å²) < 4.78 is 16.9. The first-order valence-corrected chi connectivity index (χ1v) is 8.13. The smallest absolute Gasteiger partial charge is 0.511 e. The zero-order valence-electron chi connectivity index (χ0n) is 15.3. The maximum Gasteiger partial charge on any atom is 1.00 e. The van der Waals surface area contributed by atoms with E-state index >= 15 is 0 Å². The van der Waals surface area contributed by atoms with Gasteiger partial charge in [-0.2, -0.15) is 5.57 Å². The fraction of sp³-hybridized carbons (Fsp3) is 0.765. The number of amides is 1. The van der Waals surface area contributed by atoms with E-state index in [4.69, 9.17) is 14.2 Å². The van der Waals surface area contributed by atoms with Crippen LogP contribution in [0.2, 0.25) is 0 Å². The third-order valence-corrected chi connectivity index (χ3v) is 4.30. The maximum absolute atomic E-state index is 12.2. The fourth-order valence-electron chi connectivity index (χ4n) is 3.25. The summed E-state index contributed by atoms with van der Waals surface area (Å²) in [4.78, 5) is 14.0. The van der Waals surface area contributed by atoms with Crippen LogP contribution in [0.3, 0.4) is 0 Å². The average Bonchev–Trinajstić information content (AvgIpc) is 2.85. The summed E-state index contributed by atoms with van der Waals surface area (Å²) in [5.74, 6) is -0.437. The number of hydrogen-bond acceptors (Lipinski definition) is 4. The van der Waals surface area contributed by atoms with E-state index in [1.54, 1.807) is 11.5 Å². The van der Waals surface area contributed by atoms with E-state index in [0.29, 0.717) is 13.2 Å². The molecule has 0 atom stereocenters. The Labute approximate surface area is 151 Å². The van der Waals surface area contributed by atoms with E-state index in [0.717, 1.165) is 24.8 Å². The van der Waals surface area contributed by atoms with Crippen molar-refractivity contribution in [2.24, 2.45) is 0 Å². The van der Waals surface area contributed by atoms with Gasteiger partial charge in [0.05, 0.1) is 13.2 Å². The molecule has 6 heteroatoms. The normalized spacial score (nSPS) is 20.0. The van der Waals surface area contributed by atoms with Crippen LogP contribution < -0.4 is 18.9 Å². The van der Waals surface area contributed by atoms with Crippen LogP contribution >= 0.6 is 0 Å². The van der Waals surface area contributed by atoms with Gasteiger partial charge in [-0.1, -0.05) is 13.0 Å². The number of carbonyl (C=O) groups is 1. The third kappa shape index (κ3) is 4.93. The standard InChI is InChI=1S/C17H28NO4.Li/c1-12(2)18(13(3)4)16(19)20-11-15-6-7-17(10-14(15)5)21-8-9-22-17;/h11-13H,6-10H2,1-5H3;/q-1;+1. The van der Waals surface area contributed by atoms with Gasteiger partial charge in [0.15, 0.2) is 5.79 Å². The summed E-state index contributed by atoms with van der Waals surface area (Å²) in [6.07, 6.45) is 2.07. The number of hydrogen-bond donors (Lipinski definition) is 0. The summed E-state index contributed by atoms with van der Waals surface area (Å²) in [5.41, 5.74) is 2.24. The van der Waals surface area contributed by atoms with Crippen molar-refractivity contribution in [2.75, 3.05) is 13.2 Å². The molecule has 2 rings (SSSR count). The molecule has 0 bridgehead atoms. The molecule has 1 fully saturated rings. The monoisotopic (exact) mass is 317 g/mol. The van der Waals surface area contributed by atoms with Crippen LogP contribution in [-0.4, -0.2) is 42.1 Å². The number of nitrogens with zero attached hydrogens (tertiary/aromatic N) is 1. The molecule has 1 aliphatic carbocycles. The van der Waals surface area contributed by atoms with Crippen LogP contribution in [0.5, 0.6) is 0 Å². The maximum atomic E-state index is 12.2. The van der Waals surface area contributed by atoms with Crippen LogP contribution in [0.25, 0.3) is 0 Å². The first kappa shape index (κ1) is 20.4. The summed E-state index contributed by atoms with van der Waals surface area (Å²) in [7, 11) is 0. The molecule has 0 radical (unpaired) electrons. The van der Waals surface area contributed by atoms with Crippen LogP contribution in [-0.2, 0) is 14.2 Å². The predicted octanol–water partition coefficient (Wildman–Crippen LogP) is 0.651. The summed E-state index contributed by atoms with van der Waals surface area (Å²) >= 11 is 0. The minimum Gasteiger partial charge on any atom is -0.511 e. The van der Waals surface area contributed by atoms with Gasteiger partial charge < -0.3 is 19.1 Å². The minimum atomic E-state index is -0.437. The van der Waals surface area contributed by atoms with Crippen LogP contribution in [0.1, 0.15) is 53.9 Å². The fourth-order valence-corrected chi connectivity index (χ4v) is 3.25. The molecular weight excluding hydrogens is 289 g/mol. The van der Waals surface area contributed by atoms with Gasteiger partial charge >= 0.3 is 25.0 Å². The molecule has 0 aromatic carbocycles. The summed E-state index contributed by atoms with van der Waals surface area (Å²) in [6.45, 7) is 13.0. The van der Waals surface area contributed by atoms with E-state index in [2.05, 4.69) is 0 Å². The van der Waals surface area contributed by atoms with Gasteiger partial charge in [0.1, 0.15) is 0 Å². The topological polar surface area (TPSA) is 48.0 Å². The second-order valence-corrected chi connectivity index (χ2v) is 6.69. The van der Waals surface area contributed by atoms with E-state index < -0.39 is 5.79 Å². The van der Waals surface area contributed by atoms with Crippen molar-refractivity contribution in [3.05, 3.63) is 17.8 Å². The van der Waals surface area contributed by atoms with Crippen molar-refractivity contribution in [3.8, 4) is 0 Å². The zero-order chi connectivity index (χ0) is 16.3. The molecule has 1 aliphatic heterocycles. The number of rotatable bonds is 4. The van der Waals surface area contributed by atoms with E-state index in [9.17, 15) is 4.79 Å². The van der Waals surface area contributed by atoms with Crippen LogP contribution in [0.4, 0.5) is 4.79 Å². The molecule has 0 saturated carbocycles. The largest absolute Gasteiger partial charge is 1.00 e. The Kier molecular flexibility index (Phi) is 7.54. The third-order valence-electron chi connectivity index (χ3n) is 4.30. The van der Waals surface area contributed by atoms with Gasteiger partial charge in [-0.3, -0.25) is 0 Å². The molecule has 0 aromatic heterocycles. The molecule has 126 valence electrons. The van der Waals surface area contributed by atoms with E-state index in [1.807, 2.05) is 34.6 Å². The predicted molar refractivity (Wildman–Crippen MR) is 84.1 cm³/mol. The second kappa shape index (κ2) is 8.48. The number of carbonyl (C=O) groups excluding carboxylic acids is 1. The Balaban J connectivity index is 0.00000264. The molecule has 0 N–H and O–H groups in total. The van der Waals surface area contributed by atoms with Gasteiger partial charge in [0, 0.05) is 18.5 Å². The molecule has 1 saturated heterocycles. The number of ether oxygens (including phenoxy) is 3. The summed E-state index contributed by atoms with van der Waals surface area (Å²) in [5, 5.41) is 0. The molecule has 5 nitrogen and oxygen atoms in total. The van der Waals surface area contributed by atoms with E-state index in [-0.39, 0.29) is 37.0 Å². The second-order valence-electron chi connectivity index (χ2n) is 6.69. The van der Waals surface area contributed by atoms with Gasteiger partial charge in [0.25, 0.3) is 0 Å². The van der Waals surface area contributed by atoms with Crippen molar-refractivity contribution in [2.45, 2.75) is 71.8 Å². The zero-order valence-corrected chi connectivity index (χ0v) is 15.3. The Morgan fingerprint density at radius 3 is 2.26 bits per heavy atom. The SMILES string of the molecule is CC1=C([CH-]OC(=O)N(C(C)C)C(C)C)CCC2(C1)OCCO2.[Li+]. The van der Waals surface area contributed by atoms with Crippen molar-refractivity contribution < 1.29 is 37.9 Å². The van der Waals surface area contributed by atoms with Gasteiger partial charge in [-0.05, 0) is 34.1 Å². The van der Waals surface area contributed by atoms with E-state index in [1.165, 1.54) is 5.57 Å². The van der Waals surface area contributed by atoms with Gasteiger partial charge in [-0.25, -0.2) is 10.4 Å². The quantitative estimate of drug-likeness (QED) is 0.564. The van der Waals surface area contributed by atoms with Gasteiger partial charge in [0.2, 0.25) is 0 Å². The minimum absolute atomic E-state index is 0. The van der Waals surface area contributed by atoms with Crippen LogP contribution in [0.15, 0.2) is 11.1 Å².